The first-order valence-electron chi connectivity index (χ1n) is 16.6. The third-order valence-electron chi connectivity index (χ3n) is 9.68. The Labute approximate surface area is 282 Å². The van der Waals surface area contributed by atoms with Gasteiger partial charge in [0.25, 0.3) is 0 Å². The summed E-state index contributed by atoms with van der Waals surface area (Å²) in [6.07, 6.45) is 0. The molecule has 0 aromatic heterocycles. The Morgan fingerprint density at radius 1 is 0.146 bits per heavy atom. The molecule has 1 aliphatic rings. The van der Waals surface area contributed by atoms with Crippen molar-refractivity contribution in [1.82, 2.24) is 0 Å². The summed E-state index contributed by atoms with van der Waals surface area (Å²) in [5.74, 6) is 0. The highest BCUT2D eigenvalue weighted by Crippen LogP contribution is 2.56. The summed E-state index contributed by atoms with van der Waals surface area (Å²) in [6.45, 7) is 0. The Morgan fingerprint density at radius 3 is 0.542 bits per heavy atom. The van der Waals surface area contributed by atoms with E-state index >= 15 is 0 Å². The lowest BCUT2D eigenvalue weighted by Gasteiger charge is -2.30. The second kappa shape index (κ2) is 11.8. The van der Waals surface area contributed by atoms with Crippen molar-refractivity contribution in [1.29, 1.82) is 0 Å². The molecule has 0 bridgehead atoms. The molecule has 0 saturated carbocycles. The molecular weight excluding hydrogens is 577 g/mol. The zero-order chi connectivity index (χ0) is 31.9. The molecule has 8 aromatic carbocycles. The van der Waals surface area contributed by atoms with Gasteiger partial charge in [0.05, 0.1) is 0 Å². The van der Waals surface area contributed by atoms with Gasteiger partial charge in [-0.15, -0.1) is 0 Å². The molecule has 0 spiro atoms. The molecule has 48 heavy (non-hydrogen) atoms. The van der Waals surface area contributed by atoms with Crippen LogP contribution >= 0.6 is 0 Å². The van der Waals surface area contributed by atoms with Crippen molar-refractivity contribution >= 4 is 0 Å². The van der Waals surface area contributed by atoms with E-state index in [1.54, 1.807) is 0 Å². The number of benzene rings is 8. The van der Waals surface area contributed by atoms with Gasteiger partial charge in [0.2, 0.25) is 0 Å². The van der Waals surface area contributed by atoms with Crippen LogP contribution < -0.4 is 0 Å². The van der Waals surface area contributed by atoms with Gasteiger partial charge in [0.15, 0.2) is 0 Å². The summed E-state index contributed by atoms with van der Waals surface area (Å²) >= 11 is 0. The lowest BCUT2D eigenvalue weighted by molar-refractivity contribution is 1.49. The summed E-state index contributed by atoms with van der Waals surface area (Å²) in [4.78, 5) is 0. The van der Waals surface area contributed by atoms with E-state index in [2.05, 4.69) is 194 Å². The van der Waals surface area contributed by atoms with Crippen LogP contribution in [0.3, 0.4) is 0 Å². The predicted molar refractivity (Wildman–Crippen MR) is 203 cm³/mol. The molecule has 224 valence electrons. The van der Waals surface area contributed by atoms with Gasteiger partial charge in [-0.25, -0.2) is 0 Å². The average molecular weight is 609 g/mol. The lowest BCUT2D eigenvalue weighted by atomic mass is 9.73. The minimum absolute atomic E-state index is 1.21. The SMILES string of the molecule is c1ccc(-c2ccc(-c3ccccc3)c3c2-c2ccccc2-c2c(-c4ccccc4)ccc(-c4ccccc4)c2-c2ccccc2-3)cc1. The Balaban J connectivity index is 1.52. The minimum atomic E-state index is 1.21. The normalized spacial score (nSPS) is 11.3. The molecule has 0 unspecified atom stereocenters. The molecular formula is C48H32. The van der Waals surface area contributed by atoms with E-state index in [-0.39, 0.29) is 0 Å². The minimum Gasteiger partial charge on any atom is -0.0622 e. The highest BCUT2D eigenvalue weighted by Gasteiger charge is 2.29. The third-order valence-corrected chi connectivity index (χ3v) is 9.68. The largest absolute Gasteiger partial charge is 0.0622 e. The molecule has 8 aromatic rings. The van der Waals surface area contributed by atoms with Gasteiger partial charge in [0.1, 0.15) is 0 Å². The van der Waals surface area contributed by atoms with Crippen LogP contribution in [0.2, 0.25) is 0 Å². The smallest absolute Gasteiger partial charge is 0.00141 e. The molecule has 0 saturated heterocycles. The molecule has 0 amide bonds. The lowest BCUT2D eigenvalue weighted by Crippen LogP contribution is -2.03. The van der Waals surface area contributed by atoms with Crippen LogP contribution in [-0.4, -0.2) is 0 Å². The highest BCUT2D eigenvalue weighted by atomic mass is 14.3. The first kappa shape index (κ1) is 28.0. The van der Waals surface area contributed by atoms with Crippen molar-refractivity contribution in [3.63, 3.8) is 0 Å². The molecule has 1 aliphatic carbocycles. The fourth-order valence-electron chi connectivity index (χ4n) is 7.60. The van der Waals surface area contributed by atoms with Crippen LogP contribution in [0.4, 0.5) is 0 Å². The average Bonchev–Trinajstić information content (AvgIpc) is 3.17. The second-order valence-electron chi connectivity index (χ2n) is 12.4. The maximum absolute atomic E-state index is 2.33. The molecule has 0 fully saturated rings. The van der Waals surface area contributed by atoms with Crippen LogP contribution in [0.15, 0.2) is 194 Å². The summed E-state index contributed by atoms with van der Waals surface area (Å²) < 4.78 is 0. The monoisotopic (exact) mass is 608 g/mol. The van der Waals surface area contributed by atoms with Gasteiger partial charge in [-0.3, -0.25) is 0 Å². The molecule has 0 atom stereocenters. The first-order valence-corrected chi connectivity index (χ1v) is 16.6. The van der Waals surface area contributed by atoms with E-state index in [9.17, 15) is 0 Å². The molecule has 9 rings (SSSR count). The first-order chi connectivity index (χ1) is 23.9. The van der Waals surface area contributed by atoms with E-state index in [0.717, 1.165) is 0 Å². The Kier molecular flexibility index (Phi) is 6.91. The van der Waals surface area contributed by atoms with Crippen LogP contribution in [-0.2, 0) is 0 Å². The maximum Gasteiger partial charge on any atom is -0.00141 e. The maximum atomic E-state index is 2.33. The van der Waals surface area contributed by atoms with Crippen molar-refractivity contribution in [3.8, 4) is 89.0 Å². The number of hydrogen-bond donors (Lipinski definition) is 0. The number of fused-ring (bicyclic) bond motifs is 8. The van der Waals surface area contributed by atoms with Crippen molar-refractivity contribution < 1.29 is 0 Å². The highest BCUT2D eigenvalue weighted by molar-refractivity contribution is 6.15. The van der Waals surface area contributed by atoms with E-state index in [0.29, 0.717) is 0 Å². The number of rotatable bonds is 4. The molecule has 0 radical (unpaired) electrons. The summed E-state index contributed by atoms with van der Waals surface area (Å²) in [5, 5.41) is 0. The van der Waals surface area contributed by atoms with Crippen molar-refractivity contribution in [2.24, 2.45) is 0 Å². The van der Waals surface area contributed by atoms with Crippen LogP contribution in [0.5, 0.6) is 0 Å². The van der Waals surface area contributed by atoms with Crippen molar-refractivity contribution in [2.45, 2.75) is 0 Å². The summed E-state index contributed by atoms with van der Waals surface area (Å²) in [6, 6.07) is 70.9. The zero-order valence-electron chi connectivity index (χ0n) is 26.5. The van der Waals surface area contributed by atoms with E-state index in [1.165, 1.54) is 89.0 Å². The van der Waals surface area contributed by atoms with Gasteiger partial charge in [-0.1, -0.05) is 194 Å². The molecule has 0 heterocycles. The molecule has 0 heteroatoms. The van der Waals surface area contributed by atoms with Gasteiger partial charge in [-0.2, -0.15) is 0 Å². The number of hydrogen-bond acceptors (Lipinski definition) is 0. The fraction of sp³-hybridized carbons (Fsp3) is 0. The topological polar surface area (TPSA) is 0 Å². The third kappa shape index (κ3) is 4.62. The summed E-state index contributed by atoms with van der Waals surface area (Å²) in [7, 11) is 0. The van der Waals surface area contributed by atoms with E-state index < -0.39 is 0 Å². The van der Waals surface area contributed by atoms with Crippen molar-refractivity contribution in [3.05, 3.63) is 194 Å². The van der Waals surface area contributed by atoms with Crippen LogP contribution in [0.1, 0.15) is 0 Å². The fourth-order valence-corrected chi connectivity index (χ4v) is 7.60. The van der Waals surface area contributed by atoms with Gasteiger partial charge >= 0.3 is 0 Å². The quantitative estimate of drug-likeness (QED) is 0.186. The van der Waals surface area contributed by atoms with Crippen LogP contribution in [0.25, 0.3) is 89.0 Å². The standard InChI is InChI=1S/C48H32/c1-5-17-33(18-6-1)37-29-30-38(34-19-7-2-8-20-34)46-43-27-15-16-28-44(43)48-40(36-23-11-4-12-24-36)32-31-39(35-21-9-3-10-22-35)47(48)42-26-14-13-25-41(42)45(37)46/h1-32H. The van der Waals surface area contributed by atoms with Gasteiger partial charge in [0, 0.05) is 0 Å². The predicted octanol–water partition coefficient (Wildman–Crippen LogP) is 13.3. The van der Waals surface area contributed by atoms with E-state index in [4.69, 9.17) is 0 Å². The zero-order valence-corrected chi connectivity index (χ0v) is 26.5. The Bertz CT molecular complexity index is 2060. The Morgan fingerprint density at radius 2 is 0.333 bits per heavy atom. The molecule has 0 N–H and O–H groups in total. The van der Waals surface area contributed by atoms with Gasteiger partial charge in [-0.05, 0) is 89.0 Å². The van der Waals surface area contributed by atoms with Gasteiger partial charge < -0.3 is 0 Å². The van der Waals surface area contributed by atoms with Crippen molar-refractivity contribution in [2.75, 3.05) is 0 Å². The van der Waals surface area contributed by atoms with E-state index in [1.807, 2.05) is 0 Å². The second-order valence-corrected chi connectivity index (χ2v) is 12.4. The molecule has 0 nitrogen and oxygen atoms in total. The molecule has 0 aliphatic heterocycles. The van der Waals surface area contributed by atoms with Crippen LogP contribution in [0, 0.1) is 0 Å². The summed E-state index contributed by atoms with van der Waals surface area (Å²) in [5.41, 5.74) is 19.8. The Hall–Kier alpha value is -6.24.